The molecule has 28 heavy (non-hydrogen) atoms. The second-order valence-corrected chi connectivity index (χ2v) is 6.57. The Bertz CT molecular complexity index is 1100. The van der Waals surface area contributed by atoms with Crippen molar-refractivity contribution < 1.29 is 4.74 Å². The number of rotatable bonds is 6. The van der Waals surface area contributed by atoms with Gasteiger partial charge in [0.2, 0.25) is 0 Å². The van der Waals surface area contributed by atoms with Crippen LogP contribution in [0.15, 0.2) is 36.8 Å². The molecule has 4 aromatic heterocycles. The fraction of sp³-hybridized carbons (Fsp3) is 0.316. The van der Waals surface area contributed by atoms with Crippen LogP contribution in [0.25, 0.3) is 22.4 Å². The Balaban J connectivity index is 1.86. The summed E-state index contributed by atoms with van der Waals surface area (Å²) in [5.41, 5.74) is 3.52. The number of nitrogens with zero attached hydrogens (tertiary/aromatic N) is 7. The molecule has 0 saturated heterocycles. The van der Waals surface area contributed by atoms with Gasteiger partial charge in [0.15, 0.2) is 11.5 Å². The Labute approximate surface area is 162 Å². The molecule has 4 rings (SSSR count). The molecule has 0 aliphatic carbocycles. The smallest absolute Gasteiger partial charge is 0.164 e. The number of hydrogen-bond acceptors (Lipinski definition) is 7. The molecule has 4 heterocycles. The zero-order valence-corrected chi connectivity index (χ0v) is 16.3. The van der Waals surface area contributed by atoms with E-state index in [2.05, 4.69) is 20.5 Å². The molecule has 0 bridgehead atoms. The van der Waals surface area contributed by atoms with Crippen LogP contribution in [-0.4, -0.2) is 48.2 Å². The first-order valence-corrected chi connectivity index (χ1v) is 8.93. The van der Waals surface area contributed by atoms with Crippen molar-refractivity contribution in [3.8, 4) is 11.4 Å². The zero-order valence-electron chi connectivity index (χ0n) is 16.3. The van der Waals surface area contributed by atoms with E-state index in [1.165, 1.54) is 0 Å². The molecule has 0 unspecified atom stereocenters. The van der Waals surface area contributed by atoms with Crippen LogP contribution in [0.5, 0.6) is 0 Å². The van der Waals surface area contributed by atoms with Crippen molar-refractivity contribution >= 4 is 16.9 Å². The number of aromatic nitrogens is 7. The highest BCUT2D eigenvalue weighted by molar-refractivity contribution is 5.91. The standard InChI is InChI=1S/C19H22N8O/c1-12-16-18(22-14(11-28-4)15-7-10-21-26(15)2)23-17(13-5-8-20-9-6-13)24-19(16)27(3)25-12/h5-10,14H,11H2,1-4H3,(H,22,23,24)/t14-/m0/s1. The lowest BCUT2D eigenvalue weighted by molar-refractivity contribution is 0.184. The molecule has 0 amide bonds. The van der Waals surface area contributed by atoms with Gasteiger partial charge < -0.3 is 10.1 Å². The van der Waals surface area contributed by atoms with Crippen molar-refractivity contribution in [2.45, 2.75) is 13.0 Å². The Hall–Kier alpha value is -3.33. The largest absolute Gasteiger partial charge is 0.382 e. The summed E-state index contributed by atoms with van der Waals surface area (Å²) in [6, 6.07) is 5.62. The third kappa shape index (κ3) is 3.20. The van der Waals surface area contributed by atoms with Crippen LogP contribution >= 0.6 is 0 Å². The van der Waals surface area contributed by atoms with Gasteiger partial charge in [-0.2, -0.15) is 10.2 Å². The summed E-state index contributed by atoms with van der Waals surface area (Å²) in [4.78, 5) is 13.6. The molecule has 0 saturated carbocycles. The summed E-state index contributed by atoms with van der Waals surface area (Å²) in [6.07, 6.45) is 5.23. The van der Waals surface area contributed by atoms with E-state index in [4.69, 9.17) is 14.7 Å². The first-order chi connectivity index (χ1) is 13.6. The van der Waals surface area contributed by atoms with E-state index in [9.17, 15) is 0 Å². The number of anilines is 1. The summed E-state index contributed by atoms with van der Waals surface area (Å²) in [6.45, 7) is 2.42. The molecule has 0 aliphatic heterocycles. The third-order valence-corrected chi connectivity index (χ3v) is 4.66. The first kappa shape index (κ1) is 18.1. The van der Waals surface area contributed by atoms with Gasteiger partial charge in [-0.05, 0) is 25.1 Å². The lowest BCUT2D eigenvalue weighted by atomic mass is 10.2. The minimum absolute atomic E-state index is 0.125. The van der Waals surface area contributed by atoms with Gasteiger partial charge in [0.1, 0.15) is 5.82 Å². The Morgan fingerprint density at radius 2 is 1.86 bits per heavy atom. The van der Waals surface area contributed by atoms with E-state index in [1.54, 1.807) is 30.4 Å². The van der Waals surface area contributed by atoms with Crippen LogP contribution in [-0.2, 0) is 18.8 Å². The quantitative estimate of drug-likeness (QED) is 0.550. The highest BCUT2D eigenvalue weighted by Gasteiger charge is 2.21. The average molecular weight is 378 g/mol. The highest BCUT2D eigenvalue weighted by Crippen LogP contribution is 2.29. The van der Waals surface area contributed by atoms with Gasteiger partial charge in [-0.25, -0.2) is 9.97 Å². The van der Waals surface area contributed by atoms with Crippen molar-refractivity contribution in [2.24, 2.45) is 14.1 Å². The van der Waals surface area contributed by atoms with Gasteiger partial charge >= 0.3 is 0 Å². The minimum atomic E-state index is -0.125. The molecular formula is C19H22N8O. The molecule has 0 spiro atoms. The Morgan fingerprint density at radius 1 is 1.07 bits per heavy atom. The van der Waals surface area contributed by atoms with E-state index < -0.39 is 0 Å². The fourth-order valence-electron chi connectivity index (χ4n) is 3.33. The maximum absolute atomic E-state index is 5.44. The number of fused-ring (bicyclic) bond motifs is 1. The lowest BCUT2D eigenvalue weighted by Crippen LogP contribution is -2.20. The van der Waals surface area contributed by atoms with Crippen molar-refractivity contribution in [2.75, 3.05) is 19.0 Å². The van der Waals surface area contributed by atoms with Gasteiger partial charge in [-0.15, -0.1) is 0 Å². The molecule has 0 aromatic carbocycles. The van der Waals surface area contributed by atoms with Gasteiger partial charge in [0, 0.05) is 45.4 Å². The molecule has 0 aliphatic rings. The van der Waals surface area contributed by atoms with Crippen molar-refractivity contribution in [1.29, 1.82) is 0 Å². The summed E-state index contributed by atoms with van der Waals surface area (Å²) < 4.78 is 9.05. The minimum Gasteiger partial charge on any atom is -0.382 e. The molecule has 9 heteroatoms. The van der Waals surface area contributed by atoms with E-state index in [0.29, 0.717) is 18.2 Å². The molecule has 4 aromatic rings. The van der Waals surface area contributed by atoms with Crippen LogP contribution in [0.3, 0.4) is 0 Å². The van der Waals surface area contributed by atoms with Crippen molar-refractivity contribution in [1.82, 2.24) is 34.5 Å². The van der Waals surface area contributed by atoms with Crippen molar-refractivity contribution in [3.05, 3.63) is 48.2 Å². The number of pyridine rings is 1. The molecule has 0 radical (unpaired) electrons. The Morgan fingerprint density at radius 3 is 2.54 bits per heavy atom. The average Bonchev–Trinajstić information content (AvgIpc) is 3.25. The summed E-state index contributed by atoms with van der Waals surface area (Å²) in [5.74, 6) is 1.33. The topological polar surface area (TPSA) is 95.6 Å². The predicted molar refractivity (Wildman–Crippen MR) is 106 cm³/mol. The van der Waals surface area contributed by atoms with E-state index >= 15 is 0 Å². The number of methoxy groups -OCH3 is 1. The molecule has 9 nitrogen and oxygen atoms in total. The second-order valence-electron chi connectivity index (χ2n) is 6.57. The van der Waals surface area contributed by atoms with Crippen molar-refractivity contribution in [3.63, 3.8) is 0 Å². The summed E-state index contributed by atoms with van der Waals surface area (Å²) in [5, 5.41) is 13.2. The number of ether oxygens (including phenoxy) is 1. The zero-order chi connectivity index (χ0) is 19.7. The molecule has 1 N–H and O–H groups in total. The number of nitrogens with one attached hydrogen (secondary N) is 1. The fourth-order valence-corrected chi connectivity index (χ4v) is 3.33. The highest BCUT2D eigenvalue weighted by atomic mass is 16.5. The first-order valence-electron chi connectivity index (χ1n) is 8.93. The van der Waals surface area contributed by atoms with Crippen LogP contribution in [0.4, 0.5) is 5.82 Å². The molecule has 0 fully saturated rings. The molecular weight excluding hydrogens is 356 g/mol. The predicted octanol–water partition coefficient (Wildman–Crippen LogP) is 2.27. The van der Waals surface area contributed by atoms with Gasteiger partial charge in [-0.3, -0.25) is 14.3 Å². The third-order valence-electron chi connectivity index (χ3n) is 4.66. The molecule has 1 atom stereocenters. The van der Waals surface area contributed by atoms with E-state index in [0.717, 1.165) is 28.0 Å². The maximum Gasteiger partial charge on any atom is 0.164 e. The SMILES string of the molecule is COC[C@H](Nc1nc(-c2ccncc2)nc2c1c(C)nn2C)c1ccnn1C. The normalized spacial score (nSPS) is 12.4. The van der Waals surface area contributed by atoms with E-state index in [-0.39, 0.29) is 6.04 Å². The van der Waals surface area contributed by atoms with Crippen LogP contribution in [0, 0.1) is 6.92 Å². The van der Waals surface area contributed by atoms with Gasteiger partial charge in [0.05, 0.1) is 29.4 Å². The van der Waals surface area contributed by atoms with E-state index in [1.807, 2.05) is 43.9 Å². The monoisotopic (exact) mass is 378 g/mol. The molecule has 144 valence electrons. The lowest BCUT2D eigenvalue weighted by Gasteiger charge is -2.20. The number of aryl methyl sites for hydroxylation is 3. The van der Waals surface area contributed by atoms with Crippen LogP contribution < -0.4 is 5.32 Å². The summed E-state index contributed by atoms with van der Waals surface area (Å²) in [7, 11) is 5.47. The maximum atomic E-state index is 5.44. The second kappa shape index (κ2) is 7.35. The Kier molecular flexibility index (Phi) is 4.74. The number of hydrogen-bond donors (Lipinski definition) is 1. The summed E-state index contributed by atoms with van der Waals surface area (Å²) >= 11 is 0. The van der Waals surface area contributed by atoms with Crippen LogP contribution in [0.2, 0.25) is 0 Å². The van der Waals surface area contributed by atoms with Crippen LogP contribution in [0.1, 0.15) is 17.4 Å². The van der Waals surface area contributed by atoms with Gasteiger partial charge in [0.25, 0.3) is 0 Å². The van der Waals surface area contributed by atoms with Gasteiger partial charge in [-0.1, -0.05) is 0 Å².